The largest absolute Gasteiger partial charge is 0.756 e. The number of nitrogens with zero attached hydrogens (tertiary/aromatic N) is 1. The Labute approximate surface area is 335 Å². The van der Waals surface area contributed by atoms with Gasteiger partial charge in [0.1, 0.15) is 19.8 Å². The molecule has 0 bridgehead atoms. The summed E-state index contributed by atoms with van der Waals surface area (Å²) < 4.78 is 39.7. The van der Waals surface area contributed by atoms with E-state index >= 15 is 0 Å². The van der Waals surface area contributed by atoms with Crippen LogP contribution >= 0.6 is 7.82 Å². The van der Waals surface area contributed by atoms with Crippen molar-refractivity contribution in [1.82, 2.24) is 0 Å². The summed E-state index contributed by atoms with van der Waals surface area (Å²) in [5.74, 6) is -0.893. The number of unbranched alkanes of at least 4 members (excludes halogenated alkanes) is 21. The zero-order valence-corrected chi connectivity index (χ0v) is 36.6. The smallest absolute Gasteiger partial charge is 0.306 e. The maximum atomic E-state index is 12.7. The van der Waals surface area contributed by atoms with E-state index < -0.39 is 32.5 Å². The highest BCUT2D eigenvalue weighted by molar-refractivity contribution is 7.45. The number of phosphoric ester groups is 1. The second-order valence-electron chi connectivity index (χ2n) is 16.4. The molecule has 0 radical (unpaired) electrons. The number of carbonyl (C=O) groups excluding carboxylic acids is 2. The Morgan fingerprint density at radius 2 is 1.02 bits per heavy atom. The van der Waals surface area contributed by atoms with Gasteiger partial charge in [0, 0.05) is 25.7 Å². The lowest BCUT2D eigenvalue weighted by Crippen LogP contribution is -2.37. The summed E-state index contributed by atoms with van der Waals surface area (Å²) in [6, 6.07) is 0. The van der Waals surface area contributed by atoms with Gasteiger partial charge in [0.15, 0.2) is 18.7 Å². The highest BCUT2D eigenvalue weighted by Crippen LogP contribution is 2.38. The second kappa shape index (κ2) is 33.8. The van der Waals surface area contributed by atoms with E-state index in [9.17, 15) is 19.0 Å². The lowest BCUT2D eigenvalue weighted by atomic mass is 10.0. The van der Waals surface area contributed by atoms with Crippen LogP contribution in [0.1, 0.15) is 194 Å². The van der Waals surface area contributed by atoms with Gasteiger partial charge in [0.25, 0.3) is 7.82 Å². The summed E-state index contributed by atoms with van der Waals surface area (Å²) in [6.07, 6.45) is 27.8. The number of hydrogen-bond acceptors (Lipinski definition) is 11. The second-order valence-corrected chi connectivity index (χ2v) is 17.8. The summed E-state index contributed by atoms with van der Waals surface area (Å²) in [6.45, 7) is 4.11. The third kappa shape index (κ3) is 33.6. The minimum Gasteiger partial charge on any atom is -0.756 e. The number of phosphoric acid groups is 1. The van der Waals surface area contributed by atoms with Crippen molar-refractivity contribution in [3.8, 4) is 0 Å². The molecule has 0 aromatic heterocycles. The van der Waals surface area contributed by atoms with Gasteiger partial charge in [-0.2, -0.15) is 0 Å². The number of hydrogen-bond donors (Lipinski definition) is 0. The fourth-order valence-corrected chi connectivity index (χ4v) is 7.05. The molecule has 0 aromatic carbocycles. The molecule has 326 valence electrons. The lowest BCUT2D eigenvalue weighted by Gasteiger charge is -2.28. The molecule has 0 saturated carbocycles. The van der Waals surface area contributed by atoms with Crippen molar-refractivity contribution in [3.05, 3.63) is 0 Å². The molecule has 0 amide bonds. The van der Waals surface area contributed by atoms with Crippen molar-refractivity contribution < 1.29 is 56.6 Å². The van der Waals surface area contributed by atoms with E-state index in [0.717, 1.165) is 64.2 Å². The van der Waals surface area contributed by atoms with Crippen molar-refractivity contribution in [2.24, 2.45) is 0 Å². The van der Waals surface area contributed by atoms with Gasteiger partial charge >= 0.3 is 11.9 Å². The van der Waals surface area contributed by atoms with E-state index in [1.54, 1.807) is 0 Å². The number of rotatable bonds is 39. The van der Waals surface area contributed by atoms with Gasteiger partial charge in [-0.25, -0.2) is 9.78 Å². The molecule has 13 heteroatoms. The van der Waals surface area contributed by atoms with Crippen LogP contribution in [-0.2, 0) is 47.2 Å². The van der Waals surface area contributed by atoms with Gasteiger partial charge in [0.2, 0.25) is 0 Å². The Kier molecular flexibility index (Phi) is 31.9. The Bertz CT molecular complexity index is 980. The van der Waals surface area contributed by atoms with Crippen molar-refractivity contribution in [2.45, 2.75) is 212 Å². The van der Waals surface area contributed by atoms with E-state index in [-0.39, 0.29) is 38.6 Å². The molecule has 0 aliphatic carbocycles. The Balaban J connectivity index is 2.30. The first-order chi connectivity index (χ1) is 26.4. The van der Waals surface area contributed by atoms with Gasteiger partial charge < -0.3 is 32.6 Å². The highest BCUT2D eigenvalue weighted by Gasteiger charge is 2.27. The van der Waals surface area contributed by atoms with E-state index in [1.807, 2.05) is 21.1 Å². The SMILES string of the molecule is CCCCCCCCCCCCCCCC(=O)OC[C@H](COP(=O)([O-])OCC[N+](C)(C)C)OC(=O)CCCCCCCC1OOC(CCCCCCCC)O1. The molecule has 4 atom stereocenters. The van der Waals surface area contributed by atoms with Crippen LogP contribution < -0.4 is 4.89 Å². The van der Waals surface area contributed by atoms with Crippen LogP contribution in [0.5, 0.6) is 0 Å². The summed E-state index contributed by atoms with van der Waals surface area (Å²) in [7, 11) is 1.12. The maximum Gasteiger partial charge on any atom is 0.306 e. The van der Waals surface area contributed by atoms with Gasteiger partial charge in [0.05, 0.1) is 27.7 Å². The summed E-state index contributed by atoms with van der Waals surface area (Å²) in [5.41, 5.74) is 0. The molecule has 3 unspecified atom stereocenters. The monoisotopic (exact) mass is 808 g/mol. The number of esters is 2. The molecule has 1 fully saturated rings. The molecule has 1 heterocycles. The molecular weight excluding hydrogens is 725 g/mol. The van der Waals surface area contributed by atoms with Crippen LogP contribution in [0, 0.1) is 0 Å². The predicted octanol–water partition coefficient (Wildman–Crippen LogP) is 10.2. The quantitative estimate of drug-likeness (QED) is 0.0193. The van der Waals surface area contributed by atoms with Gasteiger partial charge in [-0.1, -0.05) is 142 Å². The number of carbonyl (C=O) groups is 2. The van der Waals surface area contributed by atoms with Crippen LogP contribution in [0.3, 0.4) is 0 Å². The van der Waals surface area contributed by atoms with Crippen molar-refractivity contribution in [1.29, 1.82) is 0 Å². The van der Waals surface area contributed by atoms with Crippen LogP contribution in [0.4, 0.5) is 0 Å². The molecular formula is C42H82NO11P. The Morgan fingerprint density at radius 1 is 0.600 bits per heavy atom. The zero-order valence-electron chi connectivity index (χ0n) is 35.7. The average Bonchev–Trinajstić information content (AvgIpc) is 3.59. The lowest BCUT2D eigenvalue weighted by molar-refractivity contribution is -0.870. The van der Waals surface area contributed by atoms with Gasteiger partial charge in [-0.15, -0.1) is 0 Å². The van der Waals surface area contributed by atoms with Gasteiger partial charge in [-0.05, 0) is 25.7 Å². The summed E-state index contributed by atoms with van der Waals surface area (Å²) in [5, 5.41) is 0. The molecule has 1 rings (SSSR count). The van der Waals surface area contributed by atoms with E-state index in [2.05, 4.69) is 13.8 Å². The van der Waals surface area contributed by atoms with Crippen LogP contribution in [0.25, 0.3) is 0 Å². The summed E-state index contributed by atoms with van der Waals surface area (Å²) >= 11 is 0. The molecule has 0 aromatic rings. The van der Waals surface area contributed by atoms with Crippen LogP contribution in [-0.4, -0.2) is 82.6 Å². The van der Waals surface area contributed by atoms with Crippen LogP contribution in [0.2, 0.25) is 0 Å². The maximum absolute atomic E-state index is 12.7. The molecule has 55 heavy (non-hydrogen) atoms. The standard InChI is InChI=1S/C42H82NO11P/c1-6-8-10-12-14-15-16-17-18-19-20-22-26-30-39(44)48-36-38(37-50-55(46,47)49-35-34-43(3,4)5)51-40(45)31-27-23-21-25-29-33-42-52-41(53-54-42)32-28-24-13-11-9-7-2/h38,41-42H,6-37H2,1-5H3/t38-,41?,42?/m1/s1. The fourth-order valence-electron chi connectivity index (χ4n) is 6.32. The zero-order chi connectivity index (χ0) is 40.5. The van der Waals surface area contributed by atoms with Crippen molar-refractivity contribution >= 4 is 19.8 Å². The number of likely N-dealkylation sites (N-methyl/N-ethyl adjacent to an activating group) is 1. The molecule has 1 aliphatic rings. The topological polar surface area (TPSA) is 139 Å². The molecule has 12 nitrogen and oxygen atoms in total. The number of ether oxygens (including phenoxy) is 3. The molecule has 0 spiro atoms. The third-order valence-corrected chi connectivity index (χ3v) is 10.8. The van der Waals surface area contributed by atoms with E-state index in [1.165, 1.54) is 96.3 Å². The predicted molar refractivity (Wildman–Crippen MR) is 215 cm³/mol. The Hall–Kier alpha value is -1.11. The fraction of sp³-hybridized carbons (Fsp3) is 0.952. The van der Waals surface area contributed by atoms with Crippen LogP contribution in [0.15, 0.2) is 0 Å². The summed E-state index contributed by atoms with van der Waals surface area (Å²) in [4.78, 5) is 48.3. The van der Waals surface area contributed by atoms with E-state index in [4.69, 9.17) is 33.0 Å². The van der Waals surface area contributed by atoms with Crippen molar-refractivity contribution in [3.63, 3.8) is 0 Å². The minimum atomic E-state index is -4.64. The first-order valence-electron chi connectivity index (χ1n) is 22.2. The Morgan fingerprint density at radius 3 is 1.47 bits per heavy atom. The highest BCUT2D eigenvalue weighted by atomic mass is 31.2. The minimum absolute atomic E-state index is 0.0445. The average molecular weight is 808 g/mol. The van der Waals surface area contributed by atoms with Crippen molar-refractivity contribution in [2.75, 3.05) is 47.5 Å². The third-order valence-electron chi connectivity index (χ3n) is 9.83. The molecule has 0 N–H and O–H groups in total. The normalized spacial score (nSPS) is 17.6. The van der Waals surface area contributed by atoms with E-state index in [0.29, 0.717) is 17.4 Å². The number of quaternary nitrogens is 1. The first-order valence-corrected chi connectivity index (χ1v) is 23.6. The van der Waals surface area contributed by atoms with Gasteiger partial charge in [-0.3, -0.25) is 14.2 Å². The first kappa shape index (κ1) is 51.9. The molecule has 1 saturated heterocycles. The molecule has 1 aliphatic heterocycles.